The van der Waals surface area contributed by atoms with Crippen LogP contribution in [0.15, 0.2) is 140 Å². The summed E-state index contributed by atoms with van der Waals surface area (Å²) in [4.78, 5) is 0. The molecule has 0 saturated heterocycles. The fourth-order valence-corrected chi connectivity index (χ4v) is 6.87. The van der Waals surface area contributed by atoms with Crippen LogP contribution in [0.2, 0.25) is 0 Å². The van der Waals surface area contributed by atoms with E-state index in [0.29, 0.717) is 0 Å². The molecule has 0 unspecified atom stereocenters. The standard InChI is InChI=1S/C40H27NO/c1-2-9-29(10-3-1)41-36-15-6-4-11-31(36)35-25-28(21-23-37(35)41)26-17-19-27(20-18-26)30-22-24-39-40-33(30)13-8-14-34(40)32-12-5-7-16-38(32)42-39/h2,4-25H,1,3H2. The van der Waals surface area contributed by atoms with Gasteiger partial charge in [0, 0.05) is 27.4 Å². The molecule has 0 atom stereocenters. The topological polar surface area (TPSA) is 14.2 Å². The Kier molecular flexibility index (Phi) is 5.06. The Morgan fingerprint density at radius 1 is 0.500 bits per heavy atom. The van der Waals surface area contributed by atoms with Gasteiger partial charge in [0.25, 0.3) is 0 Å². The lowest BCUT2D eigenvalue weighted by atomic mass is 9.90. The summed E-state index contributed by atoms with van der Waals surface area (Å²) in [7, 11) is 0. The lowest BCUT2D eigenvalue weighted by Gasteiger charge is -2.22. The van der Waals surface area contributed by atoms with Crippen molar-refractivity contribution in [3.8, 4) is 44.9 Å². The van der Waals surface area contributed by atoms with Gasteiger partial charge in [0.2, 0.25) is 0 Å². The van der Waals surface area contributed by atoms with Crippen LogP contribution < -0.4 is 4.74 Å². The number of fused-ring (bicyclic) bond motifs is 5. The van der Waals surface area contributed by atoms with Crippen molar-refractivity contribution in [2.24, 2.45) is 0 Å². The third-order valence-corrected chi connectivity index (χ3v) is 8.83. The first kappa shape index (κ1) is 23.4. The molecule has 2 nitrogen and oxygen atoms in total. The Bertz CT molecular complexity index is 2260. The van der Waals surface area contributed by atoms with Crippen LogP contribution in [0.1, 0.15) is 12.8 Å². The maximum absolute atomic E-state index is 6.31. The average Bonchev–Trinajstić information content (AvgIpc) is 3.39. The van der Waals surface area contributed by atoms with Gasteiger partial charge < -0.3 is 9.30 Å². The predicted octanol–water partition coefficient (Wildman–Crippen LogP) is 11.2. The summed E-state index contributed by atoms with van der Waals surface area (Å²) < 4.78 is 8.72. The second-order valence-electron chi connectivity index (χ2n) is 11.2. The van der Waals surface area contributed by atoms with E-state index in [4.69, 9.17) is 4.74 Å². The number of ether oxygens (including phenoxy) is 1. The molecule has 2 aliphatic rings. The predicted molar refractivity (Wildman–Crippen MR) is 176 cm³/mol. The van der Waals surface area contributed by atoms with Crippen molar-refractivity contribution in [3.63, 3.8) is 0 Å². The first-order valence-corrected chi connectivity index (χ1v) is 14.7. The summed E-state index contributed by atoms with van der Waals surface area (Å²) in [6.07, 6.45) is 9.09. The van der Waals surface area contributed by atoms with Crippen molar-refractivity contribution in [1.82, 2.24) is 4.57 Å². The van der Waals surface area contributed by atoms with Crippen LogP contribution in [-0.4, -0.2) is 4.57 Å². The highest BCUT2D eigenvalue weighted by atomic mass is 16.5. The van der Waals surface area contributed by atoms with Crippen molar-refractivity contribution in [1.29, 1.82) is 0 Å². The Labute approximate surface area is 244 Å². The van der Waals surface area contributed by atoms with E-state index >= 15 is 0 Å². The zero-order valence-corrected chi connectivity index (χ0v) is 23.0. The minimum Gasteiger partial charge on any atom is -0.456 e. The molecule has 2 heterocycles. The zero-order chi connectivity index (χ0) is 27.6. The maximum Gasteiger partial charge on any atom is 0.135 e. The number of rotatable bonds is 3. The minimum atomic E-state index is 0.918. The summed E-state index contributed by atoms with van der Waals surface area (Å²) >= 11 is 0. The first-order chi connectivity index (χ1) is 20.8. The van der Waals surface area contributed by atoms with Gasteiger partial charge in [-0.1, -0.05) is 103 Å². The number of nitrogens with zero attached hydrogens (tertiary/aromatic N) is 1. The highest BCUT2D eigenvalue weighted by molar-refractivity contribution is 6.12. The van der Waals surface area contributed by atoms with Gasteiger partial charge in [-0.15, -0.1) is 0 Å². The van der Waals surface area contributed by atoms with Crippen LogP contribution in [0.3, 0.4) is 0 Å². The van der Waals surface area contributed by atoms with Crippen LogP contribution in [0, 0.1) is 0 Å². The zero-order valence-electron chi connectivity index (χ0n) is 23.0. The van der Waals surface area contributed by atoms with Gasteiger partial charge in [-0.3, -0.25) is 0 Å². The second-order valence-corrected chi connectivity index (χ2v) is 11.2. The van der Waals surface area contributed by atoms with E-state index < -0.39 is 0 Å². The molecule has 0 N–H and O–H groups in total. The summed E-state index contributed by atoms with van der Waals surface area (Å²) in [6, 6.07) is 43.8. The molecule has 198 valence electrons. The Morgan fingerprint density at radius 3 is 2.17 bits per heavy atom. The molecule has 42 heavy (non-hydrogen) atoms. The quantitative estimate of drug-likeness (QED) is 0.219. The lowest BCUT2D eigenvalue weighted by molar-refractivity contribution is 0.487. The highest BCUT2D eigenvalue weighted by Crippen LogP contribution is 2.48. The number of aromatic nitrogens is 1. The second kappa shape index (κ2) is 9.09. The molecule has 2 heteroatoms. The van der Waals surface area contributed by atoms with Gasteiger partial charge in [-0.05, 0) is 82.5 Å². The number of allylic oxidation sites excluding steroid dienone is 4. The monoisotopic (exact) mass is 537 g/mol. The Balaban J connectivity index is 1.14. The van der Waals surface area contributed by atoms with Crippen molar-refractivity contribution in [3.05, 3.63) is 140 Å². The van der Waals surface area contributed by atoms with Crippen LogP contribution in [-0.2, 0) is 0 Å². The fourth-order valence-electron chi connectivity index (χ4n) is 6.87. The molecule has 0 bridgehead atoms. The summed E-state index contributed by atoms with van der Waals surface area (Å²) in [5, 5.41) is 4.98. The molecule has 1 aliphatic heterocycles. The SMILES string of the molecule is C1=CC(n2c3ccccc3c3cc(-c4ccc(-c5ccc6c7c(cccc57)-c5ccccc5O6)cc4)ccc32)=CCC1. The van der Waals surface area contributed by atoms with Gasteiger partial charge in [-0.25, -0.2) is 0 Å². The molecular formula is C40H27NO. The van der Waals surface area contributed by atoms with Crippen LogP contribution in [0.4, 0.5) is 0 Å². The molecule has 7 aromatic rings. The minimum absolute atomic E-state index is 0.918. The van der Waals surface area contributed by atoms with Gasteiger partial charge >= 0.3 is 0 Å². The van der Waals surface area contributed by atoms with Gasteiger partial charge in [0.15, 0.2) is 0 Å². The molecule has 6 aromatic carbocycles. The average molecular weight is 538 g/mol. The molecule has 0 saturated carbocycles. The third-order valence-electron chi connectivity index (χ3n) is 8.83. The molecule has 1 aromatic heterocycles. The van der Waals surface area contributed by atoms with Gasteiger partial charge in [-0.2, -0.15) is 0 Å². The van der Waals surface area contributed by atoms with E-state index in [1.807, 2.05) is 12.1 Å². The van der Waals surface area contributed by atoms with E-state index in [0.717, 1.165) is 29.9 Å². The molecule has 0 amide bonds. The molecule has 0 radical (unpaired) electrons. The number of benzene rings is 6. The Morgan fingerprint density at radius 2 is 1.26 bits per heavy atom. The van der Waals surface area contributed by atoms with E-state index in [-0.39, 0.29) is 0 Å². The molecule has 0 fully saturated rings. The van der Waals surface area contributed by atoms with E-state index in [1.165, 1.54) is 66.1 Å². The van der Waals surface area contributed by atoms with E-state index in [9.17, 15) is 0 Å². The van der Waals surface area contributed by atoms with Gasteiger partial charge in [0.1, 0.15) is 11.5 Å². The largest absolute Gasteiger partial charge is 0.456 e. The maximum atomic E-state index is 6.31. The normalized spacial score (nSPS) is 13.8. The van der Waals surface area contributed by atoms with Crippen molar-refractivity contribution in [2.45, 2.75) is 12.8 Å². The summed E-state index contributed by atoms with van der Waals surface area (Å²) in [6.45, 7) is 0. The van der Waals surface area contributed by atoms with Crippen molar-refractivity contribution >= 4 is 38.3 Å². The van der Waals surface area contributed by atoms with Crippen molar-refractivity contribution < 1.29 is 4.74 Å². The smallest absolute Gasteiger partial charge is 0.135 e. The van der Waals surface area contributed by atoms with Crippen LogP contribution in [0.5, 0.6) is 11.5 Å². The molecular weight excluding hydrogens is 510 g/mol. The van der Waals surface area contributed by atoms with Gasteiger partial charge in [0.05, 0.1) is 11.0 Å². The van der Waals surface area contributed by atoms with Crippen molar-refractivity contribution in [2.75, 3.05) is 0 Å². The highest BCUT2D eigenvalue weighted by Gasteiger charge is 2.21. The van der Waals surface area contributed by atoms with E-state index in [2.05, 4.69) is 132 Å². The lowest BCUT2D eigenvalue weighted by Crippen LogP contribution is -1.97. The summed E-state index contributed by atoms with van der Waals surface area (Å²) in [5.74, 6) is 1.84. The van der Waals surface area contributed by atoms with E-state index in [1.54, 1.807) is 0 Å². The third kappa shape index (κ3) is 3.45. The Hall–Kier alpha value is -5.34. The molecule has 9 rings (SSSR count). The molecule has 0 spiro atoms. The summed E-state index contributed by atoms with van der Waals surface area (Å²) in [5.41, 5.74) is 11.0. The number of hydrogen-bond donors (Lipinski definition) is 0. The van der Waals surface area contributed by atoms with Crippen LogP contribution in [0.25, 0.3) is 71.7 Å². The van der Waals surface area contributed by atoms with Crippen LogP contribution >= 0.6 is 0 Å². The fraction of sp³-hybridized carbons (Fsp3) is 0.0500. The molecule has 1 aliphatic carbocycles. The number of para-hydroxylation sites is 2. The first-order valence-electron chi connectivity index (χ1n) is 14.7. The number of hydrogen-bond acceptors (Lipinski definition) is 1.